The van der Waals surface area contributed by atoms with Crippen molar-refractivity contribution in [3.05, 3.63) is 126 Å². The maximum Gasteiger partial charge on any atom is 0.347 e. The predicted octanol–water partition coefficient (Wildman–Crippen LogP) is 8.26. The first kappa shape index (κ1) is 60.9. The highest BCUT2D eigenvalue weighted by Gasteiger charge is 2.15. The zero-order valence-electron chi connectivity index (χ0n) is 46.6. The van der Waals surface area contributed by atoms with Gasteiger partial charge in [0.2, 0.25) is 11.2 Å². The number of rotatable bonds is 22. The van der Waals surface area contributed by atoms with E-state index in [9.17, 15) is 14.4 Å². The second kappa shape index (κ2) is 32.5. The van der Waals surface area contributed by atoms with E-state index < -0.39 is 0 Å². The first-order chi connectivity index (χ1) is 38.2. The minimum absolute atomic E-state index is 0.139. The number of H-pyrrole nitrogens is 3. The average molecular weight is 1110 g/mol. The van der Waals surface area contributed by atoms with Crippen LogP contribution in [-0.4, -0.2) is 145 Å². The van der Waals surface area contributed by atoms with Crippen molar-refractivity contribution in [3.63, 3.8) is 0 Å². The predicted molar refractivity (Wildman–Crippen MR) is 311 cm³/mol. The molecule has 21 nitrogen and oxygen atoms in total. The molecule has 0 aliphatic carbocycles. The van der Waals surface area contributed by atoms with Gasteiger partial charge in [-0.2, -0.15) is 4.98 Å². The summed E-state index contributed by atoms with van der Waals surface area (Å²) >= 11 is 5.38. The van der Waals surface area contributed by atoms with Gasteiger partial charge in [-0.1, -0.05) is 0 Å². The highest BCUT2D eigenvalue weighted by Crippen LogP contribution is 2.33. The number of nitrogens with one attached hydrogen (secondary N) is 5. The van der Waals surface area contributed by atoms with E-state index in [-0.39, 0.29) is 22.1 Å². The Balaban J connectivity index is 0.000000180. The number of likely N-dealkylation sites (tertiary alicyclic amines) is 3. The monoisotopic (exact) mass is 1110 g/mol. The fraction of sp³-hybridized carbons (Fsp3) is 0.474. The summed E-state index contributed by atoms with van der Waals surface area (Å²) in [5.74, 6) is 5.10. The number of aromatic amines is 3. The maximum absolute atomic E-state index is 11.6. The molecule has 3 aliphatic rings. The molecule has 3 fully saturated rings. The lowest BCUT2D eigenvalue weighted by Gasteiger charge is -2.16. The van der Waals surface area contributed by atoms with Crippen molar-refractivity contribution in [2.24, 2.45) is 0 Å². The number of hydrogen-bond donors (Lipinski definition) is 6. The Labute approximate surface area is 467 Å². The van der Waals surface area contributed by atoms with Gasteiger partial charge >= 0.3 is 5.69 Å². The SMILES string of the molecule is COc1ccc(N)cc1OCCCN1CCCC1.COc1ccc(Nc2cc(C)[nH]c(=O)n2)cc1OCCCN1CCCC1.COc1ccc(Nc2nc(C)cc(=O)[nH]2)cc1OCCCN1CCCC1.Cc1cc(=O)[nH]c(Cl)n1. The molecule has 6 heterocycles. The lowest BCUT2D eigenvalue weighted by molar-refractivity contribution is 0.254. The Morgan fingerprint density at radius 3 is 1.38 bits per heavy atom. The molecule has 3 aliphatic heterocycles. The number of nitrogen functional groups attached to an aromatic ring is 1. The second-order valence-corrected chi connectivity index (χ2v) is 19.7. The van der Waals surface area contributed by atoms with Crippen LogP contribution in [0.2, 0.25) is 5.28 Å². The molecule has 428 valence electrons. The molecule has 22 heteroatoms. The summed E-state index contributed by atoms with van der Waals surface area (Å²) in [6.45, 7) is 17.8. The van der Waals surface area contributed by atoms with Crippen molar-refractivity contribution in [1.29, 1.82) is 0 Å². The summed E-state index contributed by atoms with van der Waals surface area (Å²) in [6, 6.07) is 21.2. The number of aryl methyl sites for hydroxylation is 3. The molecule has 0 bridgehead atoms. The largest absolute Gasteiger partial charge is 0.493 e. The van der Waals surface area contributed by atoms with Gasteiger partial charge in [-0.25, -0.2) is 14.8 Å². The number of benzene rings is 3. The van der Waals surface area contributed by atoms with Crippen LogP contribution in [0.15, 0.2) is 87.2 Å². The standard InChI is InChI=1S/2C19H26N4O3.C14H22N2O2.C5H5ClN2O/c1-14-12-18(24)22-19(20-14)21-15-6-7-16(25-2)17(13-15)26-11-5-10-23-8-3-4-9-23;1-14-12-18(22-19(24)20-14)21-15-6-7-16(25-2)17(13-15)26-11-5-10-23-8-3-4-9-23;1-17-13-6-5-12(15)11-14(13)18-10-4-9-16-7-2-3-8-16;1-3-2-4(9)8-5(6)7-3/h2*6-7,12-13H,3-5,8-11H2,1-2H3,(H2,20,21,22,24);5-6,11H,2-4,7-10,15H2,1H3;2H,1H3,(H,7,8,9). The number of hydrogen-bond acceptors (Lipinski definition) is 18. The third-order valence-corrected chi connectivity index (χ3v) is 13.0. The van der Waals surface area contributed by atoms with Crippen molar-refractivity contribution in [3.8, 4) is 34.5 Å². The van der Waals surface area contributed by atoms with E-state index in [1.165, 1.54) is 89.9 Å². The van der Waals surface area contributed by atoms with E-state index >= 15 is 0 Å². The van der Waals surface area contributed by atoms with Crippen LogP contribution < -0.4 is 61.6 Å². The van der Waals surface area contributed by atoms with Crippen molar-refractivity contribution in [2.45, 2.75) is 78.6 Å². The number of halogens is 1. The van der Waals surface area contributed by atoms with Crippen LogP contribution in [0, 0.1) is 20.8 Å². The highest BCUT2D eigenvalue weighted by molar-refractivity contribution is 6.28. The molecule has 3 aromatic heterocycles. The molecule has 7 N–H and O–H groups in total. The number of aromatic nitrogens is 6. The molecule has 3 saturated heterocycles. The lowest BCUT2D eigenvalue weighted by Crippen LogP contribution is -2.21. The normalized spacial score (nSPS) is 14.2. The topological polar surface area (TPSA) is 252 Å². The van der Waals surface area contributed by atoms with Gasteiger partial charge in [0.05, 0.1) is 41.2 Å². The third kappa shape index (κ3) is 21.8. The van der Waals surface area contributed by atoms with Crippen molar-refractivity contribution in [1.82, 2.24) is 44.6 Å². The van der Waals surface area contributed by atoms with E-state index in [0.29, 0.717) is 71.7 Å². The Morgan fingerprint density at radius 1 is 0.519 bits per heavy atom. The summed E-state index contributed by atoms with van der Waals surface area (Å²) in [5, 5.41) is 6.38. The Bertz CT molecular complexity index is 2820. The summed E-state index contributed by atoms with van der Waals surface area (Å²) < 4.78 is 33.6. The van der Waals surface area contributed by atoms with Crippen LogP contribution in [0.1, 0.15) is 74.9 Å². The van der Waals surface area contributed by atoms with Gasteiger partial charge in [0.15, 0.2) is 34.5 Å². The van der Waals surface area contributed by atoms with Gasteiger partial charge in [-0.3, -0.25) is 19.6 Å². The Kier molecular flexibility index (Phi) is 25.1. The van der Waals surface area contributed by atoms with Crippen molar-refractivity contribution >= 4 is 40.4 Å². The fourth-order valence-corrected chi connectivity index (χ4v) is 9.31. The summed E-state index contributed by atoms with van der Waals surface area (Å²) in [4.78, 5) is 60.6. The summed E-state index contributed by atoms with van der Waals surface area (Å²) in [7, 11) is 4.89. The number of nitrogens with two attached hydrogens (primary N) is 1. The van der Waals surface area contributed by atoms with Crippen LogP contribution in [0.4, 0.5) is 28.8 Å². The molecule has 0 saturated carbocycles. The van der Waals surface area contributed by atoms with E-state index in [1.807, 2.05) is 61.5 Å². The molecule has 3 aromatic carbocycles. The molecule has 79 heavy (non-hydrogen) atoms. The molecule has 0 spiro atoms. The highest BCUT2D eigenvalue weighted by atomic mass is 35.5. The second-order valence-electron chi connectivity index (χ2n) is 19.3. The fourth-order valence-electron chi connectivity index (χ4n) is 9.08. The lowest BCUT2D eigenvalue weighted by atomic mass is 10.2. The van der Waals surface area contributed by atoms with Crippen molar-refractivity contribution in [2.75, 3.05) is 116 Å². The Hall–Kier alpha value is -7.33. The number of methoxy groups -OCH3 is 3. The number of anilines is 5. The number of nitrogens with zero attached hydrogens (tertiary/aromatic N) is 6. The van der Waals surface area contributed by atoms with Gasteiger partial charge in [-0.05, 0) is 166 Å². The van der Waals surface area contributed by atoms with E-state index in [1.54, 1.807) is 41.2 Å². The van der Waals surface area contributed by atoms with Crippen molar-refractivity contribution < 1.29 is 28.4 Å². The molecule has 0 unspecified atom stereocenters. The summed E-state index contributed by atoms with van der Waals surface area (Å²) in [5.41, 5.74) is 9.26. The van der Waals surface area contributed by atoms with E-state index in [2.05, 4.69) is 55.2 Å². The quantitative estimate of drug-likeness (QED) is 0.0212. The maximum atomic E-state index is 11.6. The van der Waals surface area contributed by atoms with Crippen LogP contribution in [-0.2, 0) is 0 Å². The molecule has 0 amide bonds. The minimum atomic E-state index is -0.376. The van der Waals surface area contributed by atoms with Crippen LogP contribution in [0.25, 0.3) is 0 Å². The van der Waals surface area contributed by atoms with Gasteiger partial charge in [-0.15, -0.1) is 0 Å². The van der Waals surface area contributed by atoms with Gasteiger partial charge < -0.3 is 64.5 Å². The van der Waals surface area contributed by atoms with Gasteiger partial charge in [0.25, 0.3) is 11.1 Å². The van der Waals surface area contributed by atoms with Gasteiger partial charge in [0.1, 0.15) is 5.82 Å². The molecule has 9 rings (SSSR count). The van der Waals surface area contributed by atoms with Crippen LogP contribution in [0.3, 0.4) is 0 Å². The average Bonchev–Trinajstić information content (AvgIpc) is 4.26. The minimum Gasteiger partial charge on any atom is -0.493 e. The molecule has 0 atom stereocenters. The van der Waals surface area contributed by atoms with Crippen LogP contribution in [0.5, 0.6) is 34.5 Å². The summed E-state index contributed by atoms with van der Waals surface area (Å²) in [6.07, 6.45) is 10.9. The molecule has 0 radical (unpaired) electrons. The number of ether oxygens (including phenoxy) is 6. The molecular formula is C57H79ClN12O9. The first-order valence-corrected chi connectivity index (χ1v) is 27.4. The zero-order valence-corrected chi connectivity index (χ0v) is 47.3. The molecule has 6 aromatic rings. The van der Waals surface area contributed by atoms with Gasteiger partial charge in [0, 0.05) is 90.2 Å². The van der Waals surface area contributed by atoms with E-state index in [0.717, 1.165) is 67.5 Å². The third-order valence-electron chi connectivity index (χ3n) is 12.9. The molecular weight excluding hydrogens is 1030 g/mol. The van der Waals surface area contributed by atoms with Crippen LogP contribution >= 0.6 is 11.6 Å². The van der Waals surface area contributed by atoms with E-state index in [4.69, 9.17) is 45.8 Å². The smallest absolute Gasteiger partial charge is 0.347 e. The Morgan fingerprint density at radius 2 is 0.949 bits per heavy atom. The first-order valence-electron chi connectivity index (χ1n) is 27.0. The zero-order chi connectivity index (χ0) is 56.4.